The molecule has 0 amide bonds. The van der Waals surface area contributed by atoms with E-state index < -0.39 is 221 Å². The van der Waals surface area contributed by atoms with Crippen LogP contribution in [0.1, 0.15) is 77.9 Å². The van der Waals surface area contributed by atoms with Crippen LogP contribution in [-0.2, 0) is 110 Å². The molecular weight excluding hydrogens is 2070 g/mol. The van der Waals surface area contributed by atoms with Crippen molar-refractivity contribution >= 4 is 54.5 Å². The Morgan fingerprint density at radius 1 is 0.160 bits per heavy atom. The van der Waals surface area contributed by atoms with Gasteiger partial charge in [0.25, 0.3) is 0 Å². The quantitative estimate of drug-likeness (QED) is 0.0709. The van der Waals surface area contributed by atoms with Crippen LogP contribution in [0.25, 0.3) is 0 Å². The molecule has 15 aromatic rings. The van der Waals surface area contributed by atoms with Crippen LogP contribution in [0.5, 0.6) is 0 Å². The number of benzene rings is 15. The van der Waals surface area contributed by atoms with Gasteiger partial charge in [-0.1, -0.05) is 115 Å². The number of rotatable bonds is 15. The molecule has 0 aliphatic carbocycles. The molecule has 0 spiro atoms. The lowest BCUT2D eigenvalue weighted by molar-refractivity contribution is -0.145. The Morgan fingerprint density at radius 3 is 0.868 bits per heavy atom. The van der Waals surface area contributed by atoms with E-state index in [1.54, 1.807) is 91.9 Å². The van der Waals surface area contributed by atoms with Crippen molar-refractivity contribution in [2.75, 3.05) is 0 Å². The monoisotopic (exact) mass is 2140 g/mol. The van der Waals surface area contributed by atoms with Crippen LogP contribution in [0, 0.1) is 81.2 Å². The molecule has 15 rings (SSSR count). The molecule has 0 nitrogen and oxygen atoms in total. The van der Waals surface area contributed by atoms with E-state index in [2.05, 4.69) is 0 Å². The van der Waals surface area contributed by atoms with Crippen molar-refractivity contribution in [2.24, 2.45) is 0 Å². The van der Waals surface area contributed by atoms with Crippen molar-refractivity contribution in [3.63, 3.8) is 0 Å². The fraction of sp³-hybridized carbons (Fsp3) is 0.135. The van der Waals surface area contributed by atoms with Crippen LogP contribution in [0.3, 0.4) is 0 Å². The SMILES string of the molecule is Cc1c(F)cc(F)cc1[S+](c1ccccc1)c1cc(F)cc(F)c1C(F)(F)F.Cc1c(F)cccc1[S+](c1ccccc1)c1cccc(F)c1C(F)(F)F.Cc1cc(C(F)(F)F)ccc1[S+](c1ccccc1)c1ccc(C(F)(F)F)cc1C(F)(F)F.Cc1ccc(C(F)(F)F)cc1[S+](c1ccccc1)c1cc(C(F)(F)F)ccc1C(F)(F)F.Cc1ccc(F)cc1[S+](c1ccccc1)c1cc(F)ccc1C(F)(F)F. The first-order chi connectivity index (χ1) is 67.0. The van der Waals surface area contributed by atoms with Crippen LogP contribution >= 0.6 is 0 Å². The first-order valence-electron chi connectivity index (χ1n) is 41.2. The molecule has 15 aromatic carbocycles. The third kappa shape index (κ3) is 27.4. The summed E-state index contributed by atoms with van der Waals surface area (Å²) in [5, 5.41) is 0. The van der Waals surface area contributed by atoms with E-state index in [-0.39, 0.29) is 68.7 Å². The minimum Gasteiger partial charge on any atom is -0.207 e. The maximum Gasteiger partial charge on any atom is 0.424 e. The maximum absolute atomic E-state index is 14.2. The highest BCUT2D eigenvalue weighted by molar-refractivity contribution is 7.98. The zero-order valence-electron chi connectivity index (χ0n) is 73.9. The Morgan fingerprint density at radius 2 is 0.451 bits per heavy atom. The molecule has 5 unspecified atom stereocenters. The van der Waals surface area contributed by atoms with Gasteiger partial charge in [0.2, 0.25) is 0 Å². The van der Waals surface area contributed by atoms with Crippen molar-refractivity contribution in [3.8, 4) is 0 Å². The summed E-state index contributed by atoms with van der Waals surface area (Å²) in [5.74, 6) is -8.14. The van der Waals surface area contributed by atoms with Gasteiger partial charge < -0.3 is 0 Å². The van der Waals surface area contributed by atoms with Crippen molar-refractivity contribution in [3.05, 3.63) is 446 Å². The molecule has 0 aromatic heterocycles. The summed E-state index contributed by atoms with van der Waals surface area (Å²) in [6.07, 6.45) is -44.1. The highest BCUT2D eigenvalue weighted by Crippen LogP contribution is 2.52. The van der Waals surface area contributed by atoms with Crippen LogP contribution in [0.2, 0.25) is 0 Å². The molecule has 5 atom stereocenters. The van der Waals surface area contributed by atoms with Crippen LogP contribution < -0.4 is 0 Å². The normalized spacial score (nSPS) is 13.3. The summed E-state index contributed by atoms with van der Waals surface area (Å²) in [6, 6.07) is 63.0. The Kier molecular flexibility index (Phi) is 35.0. The van der Waals surface area contributed by atoms with Gasteiger partial charge in [-0.3, -0.25) is 0 Å². The second-order valence-electron chi connectivity index (χ2n) is 30.8. The van der Waals surface area contributed by atoms with Gasteiger partial charge in [-0.2, -0.15) is 119 Å². The third-order valence-corrected chi connectivity index (χ3v) is 32.8. The smallest absolute Gasteiger partial charge is 0.207 e. The second-order valence-corrected chi connectivity index (χ2v) is 40.6. The lowest BCUT2D eigenvalue weighted by Crippen LogP contribution is -2.18. The molecule has 0 aliphatic rings. The van der Waals surface area contributed by atoms with Crippen molar-refractivity contribution in [1.29, 1.82) is 0 Å². The zero-order valence-corrected chi connectivity index (χ0v) is 78.0. The van der Waals surface area contributed by atoms with Crippen molar-refractivity contribution in [1.82, 2.24) is 0 Å². The van der Waals surface area contributed by atoms with Crippen LogP contribution in [0.4, 0.5) is 154 Å². The molecule has 754 valence electrons. The van der Waals surface area contributed by atoms with E-state index in [1.165, 1.54) is 143 Å². The van der Waals surface area contributed by atoms with Gasteiger partial charge in [-0.05, 0) is 192 Å². The summed E-state index contributed by atoms with van der Waals surface area (Å²) in [4.78, 5) is 0.116. The standard InChI is InChI=1S/2C22H14F9S.C20H12F7S.2C20H14F5S/c1-13-11-14(20(23,24)25)7-9-18(13)32(16-5-3-2-4-6-16)19-10-8-15(21(26,27)28)12-17(19)22(29,30)31;1-13-7-8-14(20(23,24)25)11-18(13)32(16-5-3-2-4-6-16)19-12-15(21(26,27)28)9-10-17(19)22(29,30)31;1-11-15(23)7-12(21)9-17(11)28(14-5-3-2-4-6-14)18-10-13(22)8-16(24)19(18)20(25,26)27;1-13-15(21)9-5-11-17(13)26(14-7-3-2-4-8-14)18-12-6-10-16(22)19(18)20(23,24)25;1-13-7-8-14(21)11-18(13)26(16-5-3-2-4-6-16)19-12-15(22)9-10-17(19)20(23,24)25/h2*2-12H,1H3;2-10H,1H3;2*2-12H,1H3/q5*+1. The minimum atomic E-state index is -5.13. The number of halogens is 35. The van der Waals surface area contributed by atoms with Crippen LogP contribution in [-0.4, -0.2) is 0 Å². The Bertz CT molecular complexity index is 6930. The van der Waals surface area contributed by atoms with Gasteiger partial charge in [0.1, 0.15) is 129 Å². The molecule has 0 saturated heterocycles. The molecule has 0 heterocycles. The summed E-state index contributed by atoms with van der Waals surface area (Å²) >= 11 is 0. The largest absolute Gasteiger partial charge is 0.424 e. The Labute approximate surface area is 813 Å². The van der Waals surface area contributed by atoms with E-state index >= 15 is 0 Å². The summed E-state index contributed by atoms with van der Waals surface area (Å²) in [5.41, 5.74) is -10.5. The van der Waals surface area contributed by atoms with Gasteiger partial charge in [-0.25, -0.2) is 35.1 Å². The van der Waals surface area contributed by atoms with E-state index in [4.69, 9.17) is 0 Å². The average molecular weight is 2140 g/mol. The summed E-state index contributed by atoms with van der Waals surface area (Å²) < 4.78 is 475. The van der Waals surface area contributed by atoms with Crippen LogP contribution in [0.15, 0.2) is 395 Å². The summed E-state index contributed by atoms with van der Waals surface area (Å²) in [7, 11) is -7.92. The van der Waals surface area contributed by atoms with Crippen molar-refractivity contribution < 1.29 is 154 Å². The highest BCUT2D eigenvalue weighted by atomic mass is 32.2. The summed E-state index contributed by atoms with van der Waals surface area (Å²) in [6.45, 7) is 7.21. The lowest BCUT2D eigenvalue weighted by Gasteiger charge is -2.18. The molecular formula is C104H68F35S5+5. The number of hydrogen-bond acceptors (Lipinski definition) is 0. The van der Waals surface area contributed by atoms with Crippen molar-refractivity contribution in [2.45, 2.75) is 164 Å². The first kappa shape index (κ1) is 112. The second kappa shape index (κ2) is 45.1. The number of hydrogen-bond donors (Lipinski definition) is 0. The molecule has 144 heavy (non-hydrogen) atoms. The van der Waals surface area contributed by atoms with Gasteiger partial charge in [0.15, 0.2) is 73.4 Å². The fourth-order valence-electron chi connectivity index (χ4n) is 14.2. The Hall–Kier alpha value is -12.4. The molecule has 0 aliphatic heterocycles. The topological polar surface area (TPSA) is 0 Å². The third-order valence-electron chi connectivity index (χ3n) is 20.8. The first-order valence-corrected chi connectivity index (χ1v) is 47.3. The van der Waals surface area contributed by atoms with E-state index in [0.29, 0.717) is 72.5 Å². The predicted molar refractivity (Wildman–Crippen MR) is 476 cm³/mol. The zero-order chi connectivity index (χ0) is 106. The molecule has 40 heteroatoms. The van der Waals surface area contributed by atoms with E-state index in [9.17, 15) is 154 Å². The molecule has 0 N–H and O–H groups in total. The van der Waals surface area contributed by atoms with Gasteiger partial charge in [-0.15, -0.1) is 0 Å². The van der Waals surface area contributed by atoms with Gasteiger partial charge >= 0.3 is 55.6 Å². The van der Waals surface area contributed by atoms with E-state index in [1.807, 2.05) is 0 Å². The molecule has 0 saturated carbocycles. The minimum absolute atomic E-state index is 0.0394. The predicted octanol–water partition coefficient (Wildman–Crippen LogP) is 35.7. The number of alkyl halides is 27. The van der Waals surface area contributed by atoms with E-state index in [0.717, 1.165) is 66.7 Å². The van der Waals surface area contributed by atoms with Gasteiger partial charge in [0, 0.05) is 76.3 Å². The number of aryl methyl sites for hydroxylation is 3. The molecule has 0 radical (unpaired) electrons. The average Bonchev–Trinajstić information content (AvgIpc) is 0.760. The highest BCUT2D eigenvalue weighted by Gasteiger charge is 2.52. The molecule has 0 bridgehead atoms. The van der Waals surface area contributed by atoms with Gasteiger partial charge in [0.05, 0.1) is 22.3 Å². The lowest BCUT2D eigenvalue weighted by atomic mass is 10.1. The molecule has 0 fully saturated rings. The Balaban J connectivity index is 0.000000172. The fourth-order valence-corrected chi connectivity index (χ4v) is 26.3. The maximum atomic E-state index is 14.2.